The van der Waals surface area contributed by atoms with Gasteiger partial charge in [0.25, 0.3) is 0 Å². The van der Waals surface area contributed by atoms with Crippen molar-refractivity contribution in [1.82, 2.24) is 19.7 Å². The Labute approximate surface area is 193 Å². The van der Waals surface area contributed by atoms with Gasteiger partial charge in [-0.3, -0.25) is 4.98 Å². The summed E-state index contributed by atoms with van der Waals surface area (Å²) in [6.45, 7) is 3.72. The molecule has 3 aromatic heterocycles. The van der Waals surface area contributed by atoms with Crippen molar-refractivity contribution >= 4 is 11.6 Å². The molecule has 0 atom stereocenters. The molecule has 0 radical (unpaired) electrons. The SMILES string of the molecule is Cc1cc(-c2c(-c3ccccc3)nc(N)[n+]3c(=O)n(Cc4ccc(F)cn4)[nH]c23)cc(C)c1O. The lowest BCUT2D eigenvalue weighted by Gasteiger charge is -2.11. The van der Waals surface area contributed by atoms with Crippen molar-refractivity contribution < 1.29 is 13.9 Å². The van der Waals surface area contributed by atoms with Crippen LogP contribution in [-0.2, 0) is 6.54 Å². The summed E-state index contributed by atoms with van der Waals surface area (Å²) in [6, 6.07) is 16.0. The molecule has 170 valence electrons. The van der Waals surface area contributed by atoms with E-state index in [1.165, 1.54) is 21.2 Å². The van der Waals surface area contributed by atoms with E-state index >= 15 is 0 Å². The maximum Gasteiger partial charge on any atom is 0.428 e. The van der Waals surface area contributed by atoms with E-state index in [4.69, 9.17) is 5.73 Å². The quantitative estimate of drug-likeness (QED) is 0.359. The molecule has 8 nitrogen and oxygen atoms in total. The number of aromatic hydroxyl groups is 1. The number of nitrogens with zero attached hydrogens (tertiary/aromatic N) is 4. The molecule has 34 heavy (non-hydrogen) atoms. The van der Waals surface area contributed by atoms with Crippen molar-refractivity contribution in [2.45, 2.75) is 20.4 Å². The minimum absolute atomic E-state index is 0.0249. The van der Waals surface area contributed by atoms with Crippen LogP contribution in [0.3, 0.4) is 0 Å². The van der Waals surface area contributed by atoms with Crippen LogP contribution in [-0.4, -0.2) is 24.9 Å². The maximum atomic E-state index is 13.3. The van der Waals surface area contributed by atoms with Crippen LogP contribution in [0.4, 0.5) is 10.3 Å². The molecule has 4 N–H and O–H groups in total. The summed E-state index contributed by atoms with van der Waals surface area (Å²) in [7, 11) is 0. The Morgan fingerprint density at radius 1 is 1.09 bits per heavy atom. The smallest absolute Gasteiger partial charge is 0.428 e. The number of anilines is 1. The van der Waals surface area contributed by atoms with Gasteiger partial charge in [0.2, 0.25) is 5.65 Å². The monoisotopic (exact) mass is 457 g/mol. The van der Waals surface area contributed by atoms with Crippen LogP contribution in [0.25, 0.3) is 28.0 Å². The van der Waals surface area contributed by atoms with E-state index < -0.39 is 11.5 Å². The highest BCUT2D eigenvalue weighted by Gasteiger charge is 2.26. The van der Waals surface area contributed by atoms with Gasteiger partial charge in [0, 0.05) is 5.56 Å². The number of phenols is 1. The zero-order chi connectivity index (χ0) is 24.0. The molecule has 0 aliphatic carbocycles. The first-order chi connectivity index (χ1) is 16.3. The van der Waals surface area contributed by atoms with E-state index in [9.17, 15) is 14.3 Å². The third kappa shape index (κ3) is 3.57. The number of benzene rings is 2. The average molecular weight is 457 g/mol. The first-order valence-corrected chi connectivity index (χ1v) is 10.6. The molecule has 0 fully saturated rings. The number of aromatic amines is 1. The van der Waals surface area contributed by atoms with Crippen LogP contribution in [0, 0.1) is 19.7 Å². The number of H-pyrrole nitrogens is 1. The van der Waals surface area contributed by atoms with Crippen molar-refractivity contribution in [1.29, 1.82) is 0 Å². The Bertz CT molecular complexity index is 1570. The molecule has 2 aromatic carbocycles. The number of nitrogens with two attached hydrogens (primary N) is 1. The van der Waals surface area contributed by atoms with Gasteiger partial charge < -0.3 is 10.8 Å². The largest absolute Gasteiger partial charge is 0.507 e. The summed E-state index contributed by atoms with van der Waals surface area (Å²) in [5.74, 6) is -0.217. The third-order valence-electron chi connectivity index (χ3n) is 5.75. The Kier molecular flexibility index (Phi) is 5.09. The van der Waals surface area contributed by atoms with E-state index in [0.29, 0.717) is 33.7 Å². The van der Waals surface area contributed by atoms with Crippen LogP contribution in [0.2, 0.25) is 0 Å². The number of aryl methyl sites for hydroxylation is 2. The van der Waals surface area contributed by atoms with Crippen molar-refractivity contribution in [3.63, 3.8) is 0 Å². The minimum atomic E-state index is -0.455. The number of rotatable bonds is 4. The lowest BCUT2D eigenvalue weighted by atomic mass is 9.96. The van der Waals surface area contributed by atoms with Gasteiger partial charge >= 0.3 is 11.6 Å². The van der Waals surface area contributed by atoms with Gasteiger partial charge in [0.1, 0.15) is 23.8 Å². The number of fused-ring (bicyclic) bond motifs is 1. The molecule has 0 aliphatic heterocycles. The molecule has 5 rings (SSSR count). The van der Waals surface area contributed by atoms with Crippen molar-refractivity contribution in [2.75, 3.05) is 5.73 Å². The Hall–Kier alpha value is -4.53. The predicted molar refractivity (Wildman–Crippen MR) is 126 cm³/mol. The Morgan fingerprint density at radius 2 is 1.79 bits per heavy atom. The second-order valence-corrected chi connectivity index (χ2v) is 8.15. The fraction of sp³-hybridized carbons (Fsp3) is 0.120. The van der Waals surface area contributed by atoms with Crippen LogP contribution in [0.5, 0.6) is 5.75 Å². The molecular formula is C25H22FN6O2+. The first-order valence-electron chi connectivity index (χ1n) is 10.6. The molecule has 0 unspecified atom stereocenters. The zero-order valence-corrected chi connectivity index (χ0v) is 18.6. The van der Waals surface area contributed by atoms with Crippen LogP contribution in [0.1, 0.15) is 16.8 Å². The lowest BCUT2D eigenvalue weighted by molar-refractivity contribution is -0.516. The highest BCUT2D eigenvalue weighted by molar-refractivity contribution is 5.89. The molecule has 0 spiro atoms. The van der Waals surface area contributed by atoms with Gasteiger partial charge in [-0.1, -0.05) is 30.3 Å². The number of hydrogen-bond donors (Lipinski definition) is 3. The summed E-state index contributed by atoms with van der Waals surface area (Å²) in [4.78, 5) is 21.9. The number of nitrogens with one attached hydrogen (secondary N) is 1. The fourth-order valence-corrected chi connectivity index (χ4v) is 4.10. The lowest BCUT2D eigenvalue weighted by Crippen LogP contribution is -2.44. The molecule has 0 aliphatic rings. The standard InChI is InChI=1S/C25H21FN6O2/c1-14-10-17(11-15(2)22(14)33)20-21(16-6-4-3-5-7-16)29-24(27)32-23(20)30-31(25(32)34)13-19-9-8-18(26)12-28-19/h3-12H,13H2,1-2H3,(H3,27,29,30,33)/p+1. The maximum absolute atomic E-state index is 13.3. The van der Waals surface area contributed by atoms with E-state index in [1.54, 1.807) is 0 Å². The summed E-state index contributed by atoms with van der Waals surface area (Å²) in [5, 5.41) is 13.5. The van der Waals surface area contributed by atoms with Crippen molar-refractivity contribution in [3.8, 4) is 28.1 Å². The molecule has 3 heterocycles. The number of phenolic OH excluding ortho intramolecular Hbond substituents is 1. The minimum Gasteiger partial charge on any atom is -0.507 e. The summed E-state index contributed by atoms with van der Waals surface area (Å²) in [6.07, 6.45) is 1.10. The number of pyridine rings is 1. The van der Waals surface area contributed by atoms with Crippen molar-refractivity contribution in [2.24, 2.45) is 0 Å². The Morgan fingerprint density at radius 3 is 2.44 bits per heavy atom. The van der Waals surface area contributed by atoms with Crippen LogP contribution in [0.15, 0.2) is 65.6 Å². The second kappa shape index (κ2) is 8.11. The summed E-state index contributed by atoms with van der Waals surface area (Å²) < 4.78 is 15.9. The zero-order valence-electron chi connectivity index (χ0n) is 18.6. The first kappa shape index (κ1) is 21.3. The number of aromatic nitrogens is 5. The van der Waals surface area contributed by atoms with E-state index in [2.05, 4.69) is 15.1 Å². The molecule has 5 aromatic rings. The molecule has 0 amide bonds. The van der Waals surface area contributed by atoms with Crippen molar-refractivity contribution in [3.05, 3.63) is 93.9 Å². The second-order valence-electron chi connectivity index (χ2n) is 8.15. The molecule has 0 saturated carbocycles. The summed E-state index contributed by atoms with van der Waals surface area (Å²) in [5.41, 5.74) is 11.0. The predicted octanol–water partition coefficient (Wildman–Crippen LogP) is 3.13. The van der Waals surface area contributed by atoms with Gasteiger partial charge in [-0.05, 0) is 54.8 Å². The highest BCUT2D eigenvalue weighted by atomic mass is 19.1. The summed E-state index contributed by atoms with van der Waals surface area (Å²) >= 11 is 0. The average Bonchev–Trinajstić information content (AvgIpc) is 3.15. The normalized spacial score (nSPS) is 11.3. The Balaban J connectivity index is 1.82. The van der Waals surface area contributed by atoms with E-state index in [-0.39, 0.29) is 18.2 Å². The van der Waals surface area contributed by atoms with E-state index in [0.717, 1.165) is 17.3 Å². The topological polar surface area (TPSA) is 114 Å². The van der Waals surface area contributed by atoms with Gasteiger partial charge in [-0.2, -0.15) is 4.68 Å². The van der Waals surface area contributed by atoms with Gasteiger partial charge in [-0.25, -0.2) is 14.3 Å². The molecule has 0 saturated heterocycles. The van der Waals surface area contributed by atoms with Gasteiger partial charge in [0.05, 0.1) is 17.5 Å². The molecule has 0 bridgehead atoms. The fourth-order valence-electron chi connectivity index (χ4n) is 4.10. The number of halogens is 1. The van der Waals surface area contributed by atoms with E-state index in [1.807, 2.05) is 56.3 Å². The number of nitrogen functional groups attached to an aromatic ring is 1. The highest BCUT2D eigenvalue weighted by Crippen LogP contribution is 2.36. The number of hydrogen-bond acceptors (Lipinski definition) is 5. The molecular weight excluding hydrogens is 435 g/mol. The van der Waals surface area contributed by atoms with Crippen LogP contribution >= 0.6 is 0 Å². The third-order valence-corrected chi connectivity index (χ3v) is 5.75. The van der Waals surface area contributed by atoms with Crippen LogP contribution < -0.4 is 15.8 Å². The molecule has 9 heteroatoms. The van der Waals surface area contributed by atoms with Gasteiger partial charge in [-0.15, -0.1) is 9.38 Å². The van der Waals surface area contributed by atoms with Gasteiger partial charge in [0.15, 0.2) is 0 Å².